The van der Waals surface area contributed by atoms with Crippen molar-refractivity contribution >= 4 is 27.5 Å². The summed E-state index contributed by atoms with van der Waals surface area (Å²) in [5, 5.41) is 15.1. The molecule has 9 nitrogen and oxygen atoms in total. The van der Waals surface area contributed by atoms with Crippen LogP contribution < -0.4 is 19.7 Å². The number of methoxy groups -OCH3 is 1. The third kappa shape index (κ3) is 6.01. The molecule has 2 bridgehead atoms. The molecule has 0 spiro atoms. The maximum atomic E-state index is 17.1. The molecule has 8 rings (SSSR count). The highest BCUT2D eigenvalue weighted by Crippen LogP contribution is 2.50. The van der Waals surface area contributed by atoms with Crippen LogP contribution in [0.5, 0.6) is 17.6 Å². The van der Waals surface area contributed by atoms with Gasteiger partial charge in [-0.1, -0.05) is 18.9 Å². The summed E-state index contributed by atoms with van der Waals surface area (Å²) in [5.41, 5.74) is -2.40. The molecule has 274 valence electrons. The molecule has 1 saturated carbocycles. The number of hydrogen-bond donors (Lipinski definition) is 2. The number of benzene rings is 2. The van der Waals surface area contributed by atoms with Gasteiger partial charge in [0.05, 0.1) is 24.7 Å². The number of nitrogens with one attached hydrogen (secondary N) is 1. The summed E-state index contributed by atoms with van der Waals surface area (Å²) in [6.45, 7) is 3.97. The number of ether oxygens (including phenoxy) is 2. The molecule has 2 aromatic heterocycles. The second kappa shape index (κ2) is 12.6. The Bertz CT molecular complexity index is 2100. The number of terminal acetylenes is 1. The molecule has 2 atom stereocenters. The fourth-order valence-corrected chi connectivity index (χ4v) is 8.15. The van der Waals surface area contributed by atoms with Crippen LogP contribution in [0.25, 0.3) is 32.9 Å². The topological polar surface area (TPSA) is 95.9 Å². The van der Waals surface area contributed by atoms with Crippen LogP contribution in [0.1, 0.15) is 51.0 Å². The van der Waals surface area contributed by atoms with Crippen molar-refractivity contribution in [2.24, 2.45) is 10.8 Å². The van der Waals surface area contributed by atoms with E-state index < -0.39 is 23.2 Å². The van der Waals surface area contributed by atoms with Crippen LogP contribution in [0.15, 0.2) is 24.3 Å². The highest BCUT2D eigenvalue weighted by molar-refractivity contribution is 6.04. The summed E-state index contributed by atoms with van der Waals surface area (Å²) in [5.74, 6) is 1.04. The number of fused-ring (bicyclic) bond motifs is 4. The van der Waals surface area contributed by atoms with Crippen molar-refractivity contribution in [3.8, 4) is 41.2 Å². The van der Waals surface area contributed by atoms with Crippen molar-refractivity contribution in [3.05, 3.63) is 41.5 Å². The molecule has 2 unspecified atom stereocenters. The van der Waals surface area contributed by atoms with Crippen LogP contribution >= 0.6 is 0 Å². The van der Waals surface area contributed by atoms with Gasteiger partial charge in [0, 0.05) is 48.1 Å². The molecule has 2 aromatic carbocycles. The monoisotopic (exact) mass is 722 g/mol. The first-order valence-electron chi connectivity index (χ1n) is 17.6. The fraction of sp³-hybridized carbons (Fsp3) is 0.500. The Labute approximate surface area is 297 Å². The Balaban J connectivity index is 1.19. The summed E-state index contributed by atoms with van der Waals surface area (Å²) < 4.78 is 85.0. The van der Waals surface area contributed by atoms with Crippen molar-refractivity contribution < 1.29 is 36.5 Å². The van der Waals surface area contributed by atoms with E-state index in [1.807, 2.05) is 0 Å². The SMILES string of the molecule is C#Cc1c(F)ccc2cc(O)cc(-c3nc(OC)c4c(N5CC6CCC(C5)N6)nc(OCC5(CN6CCC(C)(C(F)(F)F)CC6)CC5)nc4c3F)c12. The van der Waals surface area contributed by atoms with Gasteiger partial charge in [-0.3, -0.25) is 0 Å². The number of hydrogen-bond acceptors (Lipinski definition) is 9. The molecule has 1 aliphatic carbocycles. The average molecular weight is 723 g/mol. The summed E-state index contributed by atoms with van der Waals surface area (Å²) in [7, 11) is 1.40. The molecule has 4 fully saturated rings. The number of aromatic hydroxyl groups is 1. The minimum absolute atomic E-state index is 0.0311. The zero-order valence-electron chi connectivity index (χ0n) is 28.9. The summed E-state index contributed by atoms with van der Waals surface area (Å²) >= 11 is 0. The number of piperazine rings is 1. The number of halogens is 5. The van der Waals surface area contributed by atoms with E-state index >= 15 is 4.39 Å². The Morgan fingerprint density at radius 1 is 1.02 bits per heavy atom. The van der Waals surface area contributed by atoms with E-state index in [1.54, 1.807) is 0 Å². The Morgan fingerprint density at radius 2 is 1.73 bits per heavy atom. The van der Waals surface area contributed by atoms with Crippen molar-refractivity contribution in [3.63, 3.8) is 0 Å². The standard InChI is InChI=1S/C38H39F5N6O3/c1-4-25-27(39)8-5-21-15-24(50)16-26(28(21)25)31-30(40)32-29(34(45-31)51-3)33(49-17-22-6-7-23(18-49)44-22)47-35(46-32)52-20-37(9-10-37)19-48-13-11-36(2,12-14-48)38(41,42)43/h1,5,8,15-16,22-23,44,50H,6-7,9-14,17-20H2,2-3H3. The number of nitrogens with zero attached hydrogens (tertiary/aromatic N) is 5. The molecule has 52 heavy (non-hydrogen) atoms. The maximum absolute atomic E-state index is 17.1. The van der Waals surface area contributed by atoms with E-state index in [1.165, 1.54) is 38.3 Å². The quantitative estimate of drug-likeness (QED) is 0.155. The zero-order valence-corrected chi connectivity index (χ0v) is 28.9. The van der Waals surface area contributed by atoms with Crippen LogP contribution in [-0.4, -0.2) is 89.7 Å². The summed E-state index contributed by atoms with van der Waals surface area (Å²) in [6.07, 6.45) is 5.19. The lowest BCUT2D eigenvalue weighted by molar-refractivity contribution is -0.231. The molecule has 0 amide bonds. The molecule has 14 heteroatoms. The number of pyridine rings is 1. The molecule has 0 radical (unpaired) electrons. The second-order valence-corrected chi connectivity index (χ2v) is 15.2. The molecular weight excluding hydrogens is 683 g/mol. The van der Waals surface area contributed by atoms with Gasteiger partial charge < -0.3 is 29.7 Å². The van der Waals surface area contributed by atoms with Gasteiger partial charge in [-0.05, 0) is 75.2 Å². The number of likely N-dealkylation sites (tertiary alicyclic amines) is 1. The van der Waals surface area contributed by atoms with Gasteiger partial charge in [0.25, 0.3) is 0 Å². The number of piperidine rings is 1. The van der Waals surface area contributed by atoms with E-state index in [0.717, 1.165) is 25.7 Å². The summed E-state index contributed by atoms with van der Waals surface area (Å²) in [4.78, 5) is 18.1. The number of alkyl halides is 3. The zero-order chi connectivity index (χ0) is 36.6. The van der Waals surface area contributed by atoms with E-state index in [-0.39, 0.29) is 87.7 Å². The normalized spacial score (nSPS) is 22.5. The Morgan fingerprint density at radius 3 is 2.37 bits per heavy atom. The van der Waals surface area contributed by atoms with Crippen LogP contribution in [0.3, 0.4) is 0 Å². The number of phenols is 1. The predicted molar refractivity (Wildman–Crippen MR) is 185 cm³/mol. The number of phenolic OH excluding ortho intramolecular Hbond substituents is 1. The number of rotatable bonds is 8. The van der Waals surface area contributed by atoms with E-state index in [2.05, 4.69) is 31.0 Å². The van der Waals surface area contributed by atoms with Crippen LogP contribution in [0, 0.1) is 34.8 Å². The van der Waals surface area contributed by atoms with Gasteiger partial charge in [-0.25, -0.2) is 13.8 Å². The first kappa shape index (κ1) is 34.6. The highest BCUT2D eigenvalue weighted by atomic mass is 19.4. The van der Waals surface area contributed by atoms with Crippen molar-refractivity contribution in [2.45, 2.75) is 63.7 Å². The fourth-order valence-electron chi connectivity index (χ4n) is 8.15. The van der Waals surface area contributed by atoms with E-state index in [0.29, 0.717) is 43.9 Å². The van der Waals surface area contributed by atoms with Crippen molar-refractivity contribution in [2.75, 3.05) is 51.3 Å². The van der Waals surface area contributed by atoms with Crippen LogP contribution in [-0.2, 0) is 0 Å². The van der Waals surface area contributed by atoms with Crippen molar-refractivity contribution in [1.29, 1.82) is 0 Å². The van der Waals surface area contributed by atoms with Crippen LogP contribution in [0.4, 0.5) is 27.8 Å². The third-order valence-corrected chi connectivity index (χ3v) is 11.5. The molecule has 5 heterocycles. The number of anilines is 1. The highest BCUT2D eigenvalue weighted by Gasteiger charge is 2.53. The van der Waals surface area contributed by atoms with Gasteiger partial charge in [0.2, 0.25) is 5.88 Å². The minimum atomic E-state index is -4.24. The first-order chi connectivity index (χ1) is 24.8. The van der Waals surface area contributed by atoms with Gasteiger partial charge in [-0.15, -0.1) is 6.42 Å². The van der Waals surface area contributed by atoms with Crippen LogP contribution in [0.2, 0.25) is 0 Å². The molecule has 2 N–H and O–H groups in total. The molecule has 3 saturated heterocycles. The minimum Gasteiger partial charge on any atom is -0.508 e. The summed E-state index contributed by atoms with van der Waals surface area (Å²) in [6, 6.07) is 5.69. The second-order valence-electron chi connectivity index (χ2n) is 15.2. The predicted octanol–water partition coefficient (Wildman–Crippen LogP) is 6.58. The Hall–Kier alpha value is -4.48. The van der Waals surface area contributed by atoms with Crippen molar-refractivity contribution in [1.82, 2.24) is 25.2 Å². The van der Waals surface area contributed by atoms with Gasteiger partial charge in [-0.2, -0.15) is 23.1 Å². The lowest BCUT2D eigenvalue weighted by Crippen LogP contribution is -2.51. The third-order valence-electron chi connectivity index (χ3n) is 11.5. The first-order valence-corrected chi connectivity index (χ1v) is 17.6. The molecular formula is C38H39F5N6O3. The molecule has 4 aliphatic rings. The molecule has 3 aliphatic heterocycles. The van der Waals surface area contributed by atoms with E-state index in [9.17, 15) is 22.7 Å². The Kier molecular flexibility index (Phi) is 8.37. The lowest BCUT2D eigenvalue weighted by atomic mass is 9.79. The van der Waals surface area contributed by atoms with Gasteiger partial charge in [0.15, 0.2) is 5.82 Å². The largest absolute Gasteiger partial charge is 0.508 e. The average Bonchev–Trinajstić information content (AvgIpc) is 3.80. The van der Waals surface area contributed by atoms with Gasteiger partial charge in [0.1, 0.15) is 34.0 Å². The van der Waals surface area contributed by atoms with E-state index in [4.69, 9.17) is 20.9 Å². The maximum Gasteiger partial charge on any atom is 0.394 e. The molecule has 4 aromatic rings. The smallest absolute Gasteiger partial charge is 0.394 e. The van der Waals surface area contributed by atoms with Gasteiger partial charge >= 0.3 is 12.2 Å². The lowest BCUT2D eigenvalue weighted by Gasteiger charge is -2.41. The number of aromatic nitrogens is 3.